The number of aryl methyl sites for hydroxylation is 1. The summed E-state index contributed by atoms with van der Waals surface area (Å²) in [5.74, 6) is 0.553. The van der Waals surface area contributed by atoms with Crippen LogP contribution in [-0.4, -0.2) is 35.3 Å². The number of nitrogens with one attached hydrogen (secondary N) is 1. The van der Waals surface area contributed by atoms with Gasteiger partial charge in [0.1, 0.15) is 10.4 Å². The lowest BCUT2D eigenvalue weighted by atomic mass is 10.2. The predicted octanol–water partition coefficient (Wildman–Crippen LogP) is 1.39. The molecule has 1 aromatic carbocycles. The number of halogens is 1. The number of nitrogens with two attached hydrogens (primary N) is 1. The molecule has 0 aliphatic carbocycles. The standard InChI is InChI=1S/C14H15BrN6O3S/c1-21-13-10(11(15)20-21)12(18-14(19-13)24-2)17-7-8-3-5-9(6-4-8)25(16,22)23/h3-6H,7H2,1-2H3,(H2,16,22,23)(H,17,18,19). The Morgan fingerprint density at radius 3 is 2.56 bits per heavy atom. The van der Waals surface area contributed by atoms with E-state index in [2.05, 4.69) is 36.3 Å². The van der Waals surface area contributed by atoms with Gasteiger partial charge in [-0.1, -0.05) is 12.1 Å². The van der Waals surface area contributed by atoms with Gasteiger partial charge in [-0.25, -0.2) is 18.2 Å². The Hall–Kier alpha value is -2.24. The van der Waals surface area contributed by atoms with Gasteiger partial charge in [-0.3, -0.25) is 0 Å². The fraction of sp³-hybridized carbons (Fsp3) is 0.214. The number of anilines is 1. The van der Waals surface area contributed by atoms with Gasteiger partial charge in [0.2, 0.25) is 10.0 Å². The maximum Gasteiger partial charge on any atom is 0.320 e. The summed E-state index contributed by atoms with van der Waals surface area (Å²) in [4.78, 5) is 8.67. The van der Waals surface area contributed by atoms with E-state index in [9.17, 15) is 8.42 Å². The molecule has 3 aromatic rings. The summed E-state index contributed by atoms with van der Waals surface area (Å²) in [6.45, 7) is 0.418. The van der Waals surface area contributed by atoms with Gasteiger partial charge in [-0.05, 0) is 33.6 Å². The number of ether oxygens (including phenoxy) is 1. The van der Waals surface area contributed by atoms with Crippen LogP contribution in [0, 0.1) is 0 Å². The van der Waals surface area contributed by atoms with E-state index >= 15 is 0 Å². The smallest absolute Gasteiger partial charge is 0.320 e. The van der Waals surface area contributed by atoms with E-state index in [1.54, 1.807) is 23.9 Å². The monoisotopic (exact) mass is 426 g/mol. The summed E-state index contributed by atoms with van der Waals surface area (Å²) < 4.78 is 30.0. The van der Waals surface area contributed by atoms with Crippen LogP contribution in [0.4, 0.5) is 5.82 Å². The average molecular weight is 427 g/mol. The van der Waals surface area contributed by atoms with Gasteiger partial charge in [-0.15, -0.1) is 0 Å². The maximum atomic E-state index is 11.3. The van der Waals surface area contributed by atoms with Crippen molar-refractivity contribution in [1.29, 1.82) is 0 Å². The molecular weight excluding hydrogens is 412 g/mol. The molecule has 0 bridgehead atoms. The number of hydrogen-bond donors (Lipinski definition) is 2. The number of benzene rings is 1. The van der Waals surface area contributed by atoms with Crippen LogP contribution >= 0.6 is 15.9 Å². The molecule has 0 saturated carbocycles. The van der Waals surface area contributed by atoms with Gasteiger partial charge in [0.25, 0.3) is 0 Å². The fourth-order valence-electron chi connectivity index (χ4n) is 2.28. The van der Waals surface area contributed by atoms with Crippen molar-refractivity contribution in [3.8, 4) is 6.01 Å². The van der Waals surface area contributed by atoms with Gasteiger partial charge in [-0.2, -0.15) is 15.1 Å². The second-order valence-corrected chi connectivity index (χ2v) is 7.53. The van der Waals surface area contributed by atoms with E-state index in [4.69, 9.17) is 9.88 Å². The summed E-state index contributed by atoms with van der Waals surface area (Å²) in [5, 5.41) is 13.3. The molecular formula is C14H15BrN6O3S. The third-order valence-electron chi connectivity index (χ3n) is 3.51. The summed E-state index contributed by atoms with van der Waals surface area (Å²) in [6.07, 6.45) is 0. The molecule has 11 heteroatoms. The van der Waals surface area contributed by atoms with Gasteiger partial charge >= 0.3 is 6.01 Å². The number of nitrogens with zero attached hydrogens (tertiary/aromatic N) is 4. The van der Waals surface area contributed by atoms with Crippen molar-refractivity contribution in [2.75, 3.05) is 12.4 Å². The number of sulfonamides is 1. The van der Waals surface area contributed by atoms with E-state index in [0.717, 1.165) is 10.9 Å². The van der Waals surface area contributed by atoms with Crippen LogP contribution in [0.1, 0.15) is 5.56 Å². The first-order chi connectivity index (χ1) is 11.8. The molecule has 2 aromatic heterocycles. The summed E-state index contributed by atoms with van der Waals surface area (Å²) in [7, 11) is -0.441. The van der Waals surface area contributed by atoms with Crippen LogP contribution in [0.3, 0.4) is 0 Å². The highest BCUT2D eigenvalue weighted by atomic mass is 79.9. The van der Waals surface area contributed by atoms with E-state index in [0.29, 0.717) is 22.6 Å². The van der Waals surface area contributed by atoms with Gasteiger partial charge in [0, 0.05) is 13.6 Å². The predicted molar refractivity (Wildman–Crippen MR) is 95.7 cm³/mol. The quantitative estimate of drug-likeness (QED) is 0.631. The van der Waals surface area contributed by atoms with Crippen molar-refractivity contribution in [1.82, 2.24) is 19.7 Å². The number of fused-ring (bicyclic) bond motifs is 1. The number of rotatable bonds is 5. The van der Waals surface area contributed by atoms with Gasteiger partial charge in [0.15, 0.2) is 5.65 Å². The fourth-order valence-corrected chi connectivity index (χ4v) is 3.40. The molecule has 0 aliphatic rings. The summed E-state index contributed by atoms with van der Waals surface area (Å²) in [5.41, 5.74) is 1.48. The first kappa shape index (κ1) is 17.6. The van der Waals surface area contributed by atoms with E-state index in [1.807, 2.05) is 0 Å². The Morgan fingerprint density at radius 1 is 1.28 bits per heavy atom. The Bertz CT molecular complexity index is 1030. The number of methoxy groups -OCH3 is 1. The van der Waals surface area contributed by atoms with Crippen molar-refractivity contribution < 1.29 is 13.2 Å². The molecule has 25 heavy (non-hydrogen) atoms. The molecule has 0 amide bonds. The normalized spacial score (nSPS) is 11.7. The number of hydrogen-bond acceptors (Lipinski definition) is 7. The van der Waals surface area contributed by atoms with Crippen LogP contribution in [-0.2, 0) is 23.6 Å². The maximum absolute atomic E-state index is 11.3. The summed E-state index contributed by atoms with van der Waals surface area (Å²) >= 11 is 3.40. The lowest BCUT2D eigenvalue weighted by molar-refractivity contribution is 0.381. The molecule has 3 N–H and O–H groups in total. The number of primary sulfonamides is 1. The molecule has 2 heterocycles. The zero-order valence-corrected chi connectivity index (χ0v) is 15.8. The molecule has 0 saturated heterocycles. The molecule has 0 fully saturated rings. The van der Waals surface area contributed by atoms with Crippen LogP contribution in [0.25, 0.3) is 11.0 Å². The Kier molecular flexibility index (Phi) is 4.62. The van der Waals surface area contributed by atoms with Crippen LogP contribution in [0.15, 0.2) is 33.8 Å². The molecule has 0 radical (unpaired) electrons. The van der Waals surface area contributed by atoms with Crippen molar-refractivity contribution >= 4 is 42.8 Å². The van der Waals surface area contributed by atoms with Gasteiger partial charge in [0.05, 0.1) is 17.4 Å². The highest BCUT2D eigenvalue weighted by Crippen LogP contribution is 2.29. The first-order valence-electron chi connectivity index (χ1n) is 7.09. The number of aromatic nitrogens is 4. The van der Waals surface area contributed by atoms with Crippen LogP contribution in [0.5, 0.6) is 6.01 Å². The largest absolute Gasteiger partial charge is 0.467 e. The minimum atomic E-state index is -3.70. The Balaban J connectivity index is 1.90. The molecule has 0 atom stereocenters. The van der Waals surface area contributed by atoms with E-state index < -0.39 is 10.0 Å². The molecule has 0 spiro atoms. The zero-order valence-electron chi connectivity index (χ0n) is 13.4. The lowest BCUT2D eigenvalue weighted by Gasteiger charge is -2.09. The minimum absolute atomic E-state index is 0.0670. The molecule has 9 nitrogen and oxygen atoms in total. The van der Waals surface area contributed by atoms with Crippen molar-refractivity contribution in [2.24, 2.45) is 12.2 Å². The van der Waals surface area contributed by atoms with E-state index in [-0.39, 0.29) is 10.9 Å². The molecule has 3 rings (SSSR count). The lowest BCUT2D eigenvalue weighted by Crippen LogP contribution is -2.12. The molecule has 0 aliphatic heterocycles. The van der Waals surface area contributed by atoms with E-state index in [1.165, 1.54) is 19.2 Å². The molecule has 0 unspecified atom stereocenters. The Labute approximate surface area is 152 Å². The SMILES string of the molecule is COc1nc(NCc2ccc(S(N)(=O)=O)cc2)c2c(Br)nn(C)c2n1. The van der Waals surface area contributed by atoms with Crippen LogP contribution < -0.4 is 15.2 Å². The highest BCUT2D eigenvalue weighted by molar-refractivity contribution is 9.10. The first-order valence-corrected chi connectivity index (χ1v) is 9.43. The average Bonchev–Trinajstić information content (AvgIpc) is 2.86. The topological polar surface area (TPSA) is 125 Å². The third kappa shape index (κ3) is 3.57. The molecule has 132 valence electrons. The van der Waals surface area contributed by atoms with Gasteiger partial charge < -0.3 is 10.1 Å². The summed E-state index contributed by atoms with van der Waals surface area (Å²) in [6, 6.07) is 6.50. The van der Waals surface area contributed by atoms with Crippen molar-refractivity contribution in [3.05, 3.63) is 34.4 Å². The zero-order chi connectivity index (χ0) is 18.2. The highest BCUT2D eigenvalue weighted by Gasteiger charge is 2.16. The Morgan fingerprint density at radius 2 is 1.96 bits per heavy atom. The second kappa shape index (κ2) is 6.58. The van der Waals surface area contributed by atoms with Crippen molar-refractivity contribution in [3.63, 3.8) is 0 Å². The third-order valence-corrected chi connectivity index (χ3v) is 5.00. The minimum Gasteiger partial charge on any atom is -0.467 e. The van der Waals surface area contributed by atoms with Crippen molar-refractivity contribution in [2.45, 2.75) is 11.4 Å². The second-order valence-electron chi connectivity index (χ2n) is 5.21. The van der Waals surface area contributed by atoms with Crippen LogP contribution in [0.2, 0.25) is 0 Å².